The number of carboxylic acids is 1. The van der Waals surface area contributed by atoms with Gasteiger partial charge in [0.25, 0.3) is 0 Å². The maximum atomic E-state index is 14.2. The summed E-state index contributed by atoms with van der Waals surface area (Å²) in [6, 6.07) is 8.13. The zero-order chi connectivity index (χ0) is 39.2. The van der Waals surface area contributed by atoms with Gasteiger partial charge >= 0.3 is 5.97 Å². The van der Waals surface area contributed by atoms with Gasteiger partial charge in [-0.3, -0.25) is 19.2 Å². The molecule has 296 valence electrons. The number of hydrogen-bond donors (Lipinski definition) is 6. The van der Waals surface area contributed by atoms with E-state index in [9.17, 15) is 39.3 Å². The van der Waals surface area contributed by atoms with Crippen LogP contribution in [0.25, 0.3) is 0 Å². The summed E-state index contributed by atoms with van der Waals surface area (Å²) in [4.78, 5) is 69.7. The highest BCUT2D eigenvalue weighted by Gasteiger charge is 2.41. The summed E-state index contributed by atoms with van der Waals surface area (Å²) in [5, 5.41) is 34.7. The monoisotopic (exact) mass is 789 g/mol. The van der Waals surface area contributed by atoms with Crippen LogP contribution in [0.1, 0.15) is 88.2 Å². The Kier molecular flexibility index (Phi) is 16.7. The van der Waals surface area contributed by atoms with E-state index in [1.54, 1.807) is 29.2 Å². The van der Waals surface area contributed by atoms with E-state index in [0.717, 1.165) is 37.7 Å². The van der Waals surface area contributed by atoms with Crippen LogP contribution >= 0.6 is 23.2 Å². The van der Waals surface area contributed by atoms with Gasteiger partial charge < -0.3 is 41.5 Å². The van der Waals surface area contributed by atoms with E-state index in [1.807, 2.05) is 0 Å². The molecule has 0 aliphatic carbocycles. The van der Waals surface area contributed by atoms with Crippen LogP contribution in [0.5, 0.6) is 11.5 Å². The van der Waals surface area contributed by atoms with Gasteiger partial charge in [0.2, 0.25) is 23.6 Å². The molecule has 7 N–H and O–H groups in total. The van der Waals surface area contributed by atoms with Crippen molar-refractivity contribution in [1.29, 1.82) is 0 Å². The lowest BCUT2D eigenvalue weighted by molar-refractivity contribution is -0.145. The van der Waals surface area contributed by atoms with Gasteiger partial charge in [0.15, 0.2) is 0 Å². The topological polar surface area (TPSA) is 203 Å². The van der Waals surface area contributed by atoms with Crippen molar-refractivity contribution in [3.05, 3.63) is 59.7 Å². The third-order valence-corrected chi connectivity index (χ3v) is 10.6. The fourth-order valence-corrected chi connectivity index (χ4v) is 7.49. The van der Waals surface area contributed by atoms with Crippen molar-refractivity contribution in [2.45, 2.75) is 125 Å². The molecule has 0 spiro atoms. The zero-order valence-corrected chi connectivity index (χ0v) is 32.0. The Bertz CT molecular complexity index is 1560. The lowest BCUT2D eigenvalue weighted by atomic mass is 10.0. The quantitative estimate of drug-likeness (QED) is 0.0841. The molecule has 15 heteroatoms. The second kappa shape index (κ2) is 21.1. The minimum absolute atomic E-state index is 0.0283. The summed E-state index contributed by atoms with van der Waals surface area (Å²) in [6.07, 6.45) is 7.62. The maximum absolute atomic E-state index is 14.2. The van der Waals surface area contributed by atoms with E-state index in [4.69, 9.17) is 28.9 Å². The van der Waals surface area contributed by atoms with Crippen LogP contribution in [0, 0.1) is 0 Å². The number of nitrogens with zero attached hydrogens (tertiary/aromatic N) is 2. The third kappa shape index (κ3) is 13.1. The van der Waals surface area contributed by atoms with Crippen molar-refractivity contribution < 1.29 is 39.3 Å². The number of phenolic OH excluding ortho intramolecular Hbond substituents is 2. The smallest absolute Gasteiger partial charge is 0.326 e. The number of amides is 4. The molecular weight excluding hydrogens is 737 g/mol. The number of carbonyl (C=O) groups excluding carboxylic acids is 4. The van der Waals surface area contributed by atoms with Gasteiger partial charge in [0, 0.05) is 32.0 Å². The summed E-state index contributed by atoms with van der Waals surface area (Å²) in [7, 11) is 0. The van der Waals surface area contributed by atoms with Gasteiger partial charge in [-0.2, -0.15) is 0 Å². The number of nitrogens with two attached hydrogens (primary N) is 1. The molecule has 0 bridgehead atoms. The van der Waals surface area contributed by atoms with E-state index in [0.29, 0.717) is 50.6 Å². The maximum Gasteiger partial charge on any atom is 0.326 e. The minimum atomic E-state index is -1.27. The zero-order valence-electron chi connectivity index (χ0n) is 30.5. The molecule has 54 heavy (non-hydrogen) atoms. The van der Waals surface area contributed by atoms with Crippen molar-refractivity contribution in [2.75, 3.05) is 13.1 Å². The van der Waals surface area contributed by atoms with Crippen molar-refractivity contribution in [3.8, 4) is 11.5 Å². The standard InChI is InChI=1S/C39H53Cl2N5O8/c40-34(41)10-4-2-1-3-7-27(42)24-35(49)45-21-5-8-32(45)36(50)43-30(20-15-25-11-16-28(47)17-12-25)38(52)46-22-6-9-33(46)37(51)44-31(39(53)54)23-26-13-18-29(48)19-14-26/h11-14,16-19,27,30-34,47-48H,1-10,15,20-24,42H2,(H,43,50)(H,44,51)(H,53,54). The second-order valence-corrected chi connectivity index (χ2v) is 15.6. The highest BCUT2D eigenvalue weighted by molar-refractivity contribution is 6.44. The summed E-state index contributed by atoms with van der Waals surface area (Å²) in [6.45, 7) is 0.640. The first-order chi connectivity index (χ1) is 25.8. The molecular formula is C39H53Cl2N5O8. The van der Waals surface area contributed by atoms with E-state index in [-0.39, 0.29) is 54.1 Å². The number of aryl methyl sites for hydroxylation is 1. The average Bonchev–Trinajstić information content (AvgIpc) is 3.83. The van der Waals surface area contributed by atoms with Gasteiger partial charge in [-0.15, -0.1) is 23.2 Å². The number of hydrogen-bond acceptors (Lipinski definition) is 8. The largest absolute Gasteiger partial charge is 0.508 e. The molecule has 2 heterocycles. The number of aliphatic carboxylic acids is 1. The number of carbonyl (C=O) groups is 5. The van der Waals surface area contributed by atoms with E-state index in [2.05, 4.69) is 10.6 Å². The molecule has 4 rings (SSSR count). The number of halogens is 2. The summed E-state index contributed by atoms with van der Waals surface area (Å²) in [5.74, 6) is -2.89. The molecule has 2 aromatic carbocycles. The van der Waals surface area contributed by atoms with Crippen LogP contribution in [0.3, 0.4) is 0 Å². The molecule has 0 saturated carbocycles. The molecule has 13 nitrogen and oxygen atoms in total. The summed E-state index contributed by atoms with van der Waals surface area (Å²) < 4.78 is 0. The van der Waals surface area contributed by atoms with Crippen molar-refractivity contribution in [2.24, 2.45) is 5.73 Å². The summed E-state index contributed by atoms with van der Waals surface area (Å²) >= 11 is 11.6. The van der Waals surface area contributed by atoms with Gasteiger partial charge in [-0.1, -0.05) is 49.9 Å². The molecule has 5 atom stereocenters. The highest BCUT2D eigenvalue weighted by atomic mass is 35.5. The number of carboxylic acid groups (broad SMARTS) is 1. The molecule has 5 unspecified atom stereocenters. The Morgan fingerprint density at radius 1 is 0.722 bits per heavy atom. The molecule has 0 aromatic heterocycles. The van der Waals surface area contributed by atoms with Crippen LogP contribution in [-0.2, 0) is 36.8 Å². The van der Waals surface area contributed by atoms with E-state index in [1.165, 1.54) is 29.2 Å². The first-order valence-corrected chi connectivity index (χ1v) is 19.7. The number of aromatic hydroxyl groups is 2. The van der Waals surface area contributed by atoms with E-state index < -0.39 is 47.9 Å². The Hall–Kier alpha value is -4.07. The first kappa shape index (κ1) is 42.7. The van der Waals surface area contributed by atoms with Crippen molar-refractivity contribution >= 4 is 52.8 Å². The van der Waals surface area contributed by atoms with Crippen LogP contribution in [-0.4, -0.2) is 103 Å². The number of nitrogens with one attached hydrogen (secondary N) is 2. The molecule has 2 aliphatic rings. The lowest BCUT2D eigenvalue weighted by Crippen LogP contribution is -2.57. The molecule has 2 aliphatic heterocycles. The molecule has 4 amide bonds. The number of phenols is 2. The van der Waals surface area contributed by atoms with Crippen molar-refractivity contribution in [3.63, 3.8) is 0 Å². The van der Waals surface area contributed by atoms with Gasteiger partial charge in [-0.25, -0.2) is 4.79 Å². The number of likely N-dealkylation sites (tertiary alicyclic amines) is 2. The lowest BCUT2D eigenvalue weighted by Gasteiger charge is -2.31. The van der Waals surface area contributed by atoms with E-state index >= 15 is 0 Å². The third-order valence-electron chi connectivity index (χ3n) is 10.2. The predicted octanol–water partition coefficient (Wildman–Crippen LogP) is 4.17. The highest BCUT2D eigenvalue weighted by Crippen LogP contribution is 2.24. The van der Waals surface area contributed by atoms with Gasteiger partial charge in [0.05, 0.1) is 0 Å². The van der Waals surface area contributed by atoms with Crippen molar-refractivity contribution in [1.82, 2.24) is 20.4 Å². The average molecular weight is 791 g/mol. The molecule has 2 fully saturated rings. The predicted molar refractivity (Wildman–Crippen MR) is 205 cm³/mol. The van der Waals surface area contributed by atoms with Gasteiger partial charge in [-0.05, 0) is 86.8 Å². The van der Waals surface area contributed by atoms with Crippen LogP contribution in [0.15, 0.2) is 48.5 Å². The normalized spacial score (nSPS) is 18.7. The Morgan fingerprint density at radius 3 is 1.81 bits per heavy atom. The van der Waals surface area contributed by atoms with Crippen LogP contribution in [0.4, 0.5) is 0 Å². The Balaban J connectivity index is 1.41. The fraction of sp³-hybridized carbons (Fsp3) is 0.564. The Labute approximate surface area is 326 Å². The molecule has 2 aromatic rings. The SMILES string of the molecule is NC(CCCCCCC(Cl)Cl)CC(=O)N1CCCC1C(=O)NC(CCc1ccc(O)cc1)C(=O)N1CCCC1C(=O)NC(Cc1ccc(O)cc1)C(=O)O. The molecule has 0 radical (unpaired) electrons. The number of unbranched alkanes of at least 4 members (excludes halogenated alkanes) is 3. The number of rotatable bonds is 20. The first-order valence-electron chi connectivity index (χ1n) is 18.9. The van der Waals surface area contributed by atoms with Crippen LogP contribution in [0.2, 0.25) is 0 Å². The summed E-state index contributed by atoms with van der Waals surface area (Å²) in [5.41, 5.74) is 7.74. The minimum Gasteiger partial charge on any atom is -0.508 e. The molecule has 2 saturated heterocycles. The van der Waals surface area contributed by atoms with Crippen LogP contribution < -0.4 is 16.4 Å². The Morgan fingerprint density at radius 2 is 1.24 bits per heavy atom. The number of alkyl halides is 2. The second-order valence-electron chi connectivity index (χ2n) is 14.3. The number of benzene rings is 2. The fourth-order valence-electron chi connectivity index (χ4n) is 7.18. The van der Waals surface area contributed by atoms with Gasteiger partial charge in [0.1, 0.15) is 40.5 Å².